The summed E-state index contributed by atoms with van der Waals surface area (Å²) in [6, 6.07) is 0. The molecule has 0 aromatic heterocycles. The van der Waals surface area contributed by atoms with Gasteiger partial charge in [0, 0.05) is 0 Å². The Balaban J connectivity index is 3.81. The Kier molecular flexibility index (Phi) is 5.23. The standard InChI is InChI=1S/C8H14O/c1-3-5-8(7-9)6-4-2/h3,5-6,9H,4,7H2,1-2H3/b5-3-,8-6+. The zero-order valence-electron chi connectivity index (χ0n) is 6.09. The van der Waals surface area contributed by atoms with Crippen LogP contribution in [0.5, 0.6) is 0 Å². The van der Waals surface area contributed by atoms with Gasteiger partial charge in [0.05, 0.1) is 6.61 Å². The van der Waals surface area contributed by atoms with Crippen LogP contribution in [-0.2, 0) is 0 Å². The molecule has 0 aliphatic carbocycles. The van der Waals surface area contributed by atoms with E-state index in [1.807, 2.05) is 25.2 Å². The average Bonchev–Trinajstić information content (AvgIpc) is 1.88. The first-order valence-electron chi connectivity index (χ1n) is 3.27. The van der Waals surface area contributed by atoms with E-state index in [0.29, 0.717) is 0 Å². The normalized spacial score (nSPS) is 13.0. The van der Waals surface area contributed by atoms with E-state index in [2.05, 4.69) is 6.92 Å². The molecule has 9 heavy (non-hydrogen) atoms. The molecule has 0 aliphatic heterocycles. The summed E-state index contributed by atoms with van der Waals surface area (Å²) >= 11 is 0. The second-order valence-corrected chi connectivity index (χ2v) is 1.85. The summed E-state index contributed by atoms with van der Waals surface area (Å²) < 4.78 is 0. The van der Waals surface area contributed by atoms with Crippen molar-refractivity contribution < 1.29 is 5.11 Å². The minimum atomic E-state index is 0.151. The van der Waals surface area contributed by atoms with Crippen LogP contribution < -0.4 is 0 Å². The van der Waals surface area contributed by atoms with Crippen molar-refractivity contribution >= 4 is 0 Å². The molecular formula is C8H14O. The largest absolute Gasteiger partial charge is 0.392 e. The van der Waals surface area contributed by atoms with Crippen molar-refractivity contribution in [2.45, 2.75) is 20.3 Å². The fraction of sp³-hybridized carbons (Fsp3) is 0.500. The van der Waals surface area contributed by atoms with Gasteiger partial charge >= 0.3 is 0 Å². The molecule has 0 rings (SSSR count). The third kappa shape index (κ3) is 3.98. The first kappa shape index (κ1) is 8.44. The highest BCUT2D eigenvalue weighted by Crippen LogP contribution is 1.96. The quantitative estimate of drug-likeness (QED) is 0.572. The second kappa shape index (κ2) is 5.57. The van der Waals surface area contributed by atoms with Gasteiger partial charge in [-0.05, 0) is 18.9 Å². The number of hydrogen-bond acceptors (Lipinski definition) is 1. The number of allylic oxidation sites excluding steroid dienone is 2. The molecule has 0 aromatic carbocycles. The highest BCUT2D eigenvalue weighted by molar-refractivity contribution is 5.17. The van der Waals surface area contributed by atoms with Gasteiger partial charge in [-0.15, -0.1) is 0 Å². The fourth-order valence-electron chi connectivity index (χ4n) is 0.662. The summed E-state index contributed by atoms with van der Waals surface area (Å²) in [5.41, 5.74) is 1.00. The monoisotopic (exact) mass is 126 g/mol. The van der Waals surface area contributed by atoms with Crippen LogP contribution in [0.2, 0.25) is 0 Å². The SMILES string of the molecule is C/C=C\C(=C/CC)CO. The van der Waals surface area contributed by atoms with E-state index >= 15 is 0 Å². The molecule has 0 saturated heterocycles. The van der Waals surface area contributed by atoms with Gasteiger partial charge in [-0.1, -0.05) is 25.2 Å². The Morgan fingerprint density at radius 1 is 1.56 bits per heavy atom. The predicted octanol–water partition coefficient (Wildman–Crippen LogP) is 1.89. The Bertz CT molecular complexity index is 112. The average molecular weight is 126 g/mol. The van der Waals surface area contributed by atoms with Crippen LogP contribution in [0.1, 0.15) is 20.3 Å². The van der Waals surface area contributed by atoms with Crippen LogP contribution in [0, 0.1) is 0 Å². The van der Waals surface area contributed by atoms with E-state index in [1.54, 1.807) is 0 Å². The van der Waals surface area contributed by atoms with Crippen molar-refractivity contribution in [3.8, 4) is 0 Å². The zero-order valence-corrected chi connectivity index (χ0v) is 6.09. The smallest absolute Gasteiger partial charge is 0.0678 e. The van der Waals surface area contributed by atoms with Gasteiger partial charge in [0.2, 0.25) is 0 Å². The van der Waals surface area contributed by atoms with E-state index < -0.39 is 0 Å². The number of aliphatic hydroxyl groups is 1. The topological polar surface area (TPSA) is 20.2 Å². The van der Waals surface area contributed by atoms with Crippen molar-refractivity contribution in [1.29, 1.82) is 0 Å². The Hall–Kier alpha value is -0.560. The van der Waals surface area contributed by atoms with Crippen molar-refractivity contribution in [3.63, 3.8) is 0 Å². The van der Waals surface area contributed by atoms with Crippen LogP contribution in [-0.4, -0.2) is 11.7 Å². The minimum Gasteiger partial charge on any atom is -0.392 e. The van der Waals surface area contributed by atoms with E-state index in [1.165, 1.54) is 0 Å². The molecule has 1 nitrogen and oxygen atoms in total. The third-order valence-electron chi connectivity index (χ3n) is 1.03. The molecule has 0 fully saturated rings. The molecule has 1 heteroatoms. The first-order chi connectivity index (χ1) is 4.35. The molecule has 0 atom stereocenters. The summed E-state index contributed by atoms with van der Waals surface area (Å²) in [5, 5.41) is 8.67. The maximum absolute atomic E-state index is 8.67. The third-order valence-corrected chi connectivity index (χ3v) is 1.03. The first-order valence-corrected chi connectivity index (χ1v) is 3.27. The Morgan fingerprint density at radius 3 is 2.56 bits per heavy atom. The highest BCUT2D eigenvalue weighted by Gasteiger charge is 1.83. The lowest BCUT2D eigenvalue weighted by atomic mass is 10.2. The van der Waals surface area contributed by atoms with Crippen molar-refractivity contribution in [3.05, 3.63) is 23.8 Å². The lowest BCUT2D eigenvalue weighted by Gasteiger charge is -1.92. The maximum atomic E-state index is 8.67. The van der Waals surface area contributed by atoms with Crippen LogP contribution in [0.4, 0.5) is 0 Å². The van der Waals surface area contributed by atoms with Crippen LogP contribution in [0.3, 0.4) is 0 Å². The predicted molar refractivity (Wildman–Crippen MR) is 40.3 cm³/mol. The van der Waals surface area contributed by atoms with Gasteiger partial charge < -0.3 is 5.11 Å². The molecule has 0 saturated carbocycles. The lowest BCUT2D eigenvalue weighted by molar-refractivity contribution is 0.334. The molecule has 0 aromatic rings. The fourth-order valence-corrected chi connectivity index (χ4v) is 0.662. The number of hydrogen-bond donors (Lipinski definition) is 1. The zero-order chi connectivity index (χ0) is 7.11. The molecule has 0 aliphatic rings. The van der Waals surface area contributed by atoms with Crippen molar-refractivity contribution in [1.82, 2.24) is 0 Å². The molecule has 0 unspecified atom stereocenters. The lowest BCUT2D eigenvalue weighted by Crippen LogP contribution is -1.84. The summed E-state index contributed by atoms with van der Waals surface area (Å²) in [4.78, 5) is 0. The summed E-state index contributed by atoms with van der Waals surface area (Å²) in [5.74, 6) is 0. The van der Waals surface area contributed by atoms with E-state index in [4.69, 9.17) is 5.11 Å². The number of rotatable bonds is 3. The molecule has 0 heterocycles. The van der Waals surface area contributed by atoms with Gasteiger partial charge in [-0.2, -0.15) is 0 Å². The Labute approximate surface area is 56.7 Å². The molecular weight excluding hydrogens is 112 g/mol. The minimum absolute atomic E-state index is 0.151. The highest BCUT2D eigenvalue weighted by atomic mass is 16.3. The van der Waals surface area contributed by atoms with E-state index in [9.17, 15) is 0 Å². The molecule has 0 spiro atoms. The van der Waals surface area contributed by atoms with Gasteiger partial charge in [-0.3, -0.25) is 0 Å². The Morgan fingerprint density at radius 2 is 2.22 bits per heavy atom. The van der Waals surface area contributed by atoms with Crippen LogP contribution in [0.15, 0.2) is 23.8 Å². The van der Waals surface area contributed by atoms with Crippen molar-refractivity contribution in [2.75, 3.05) is 6.61 Å². The maximum Gasteiger partial charge on any atom is 0.0678 e. The van der Waals surface area contributed by atoms with Gasteiger partial charge in [0.25, 0.3) is 0 Å². The molecule has 1 N–H and O–H groups in total. The summed E-state index contributed by atoms with van der Waals surface area (Å²) in [6.45, 7) is 4.15. The summed E-state index contributed by atoms with van der Waals surface area (Å²) in [7, 11) is 0. The second-order valence-electron chi connectivity index (χ2n) is 1.85. The van der Waals surface area contributed by atoms with Crippen LogP contribution >= 0.6 is 0 Å². The number of aliphatic hydroxyl groups excluding tert-OH is 1. The molecule has 0 amide bonds. The van der Waals surface area contributed by atoms with Gasteiger partial charge in [0.1, 0.15) is 0 Å². The van der Waals surface area contributed by atoms with E-state index in [-0.39, 0.29) is 6.61 Å². The van der Waals surface area contributed by atoms with Crippen molar-refractivity contribution in [2.24, 2.45) is 0 Å². The summed E-state index contributed by atoms with van der Waals surface area (Å²) in [6.07, 6.45) is 6.85. The van der Waals surface area contributed by atoms with E-state index in [0.717, 1.165) is 12.0 Å². The molecule has 0 bridgehead atoms. The van der Waals surface area contributed by atoms with Gasteiger partial charge in [0.15, 0.2) is 0 Å². The molecule has 52 valence electrons. The molecule has 0 radical (unpaired) electrons. The van der Waals surface area contributed by atoms with Gasteiger partial charge in [-0.25, -0.2) is 0 Å². The van der Waals surface area contributed by atoms with Crippen LogP contribution in [0.25, 0.3) is 0 Å².